The Morgan fingerprint density at radius 1 is 1.00 bits per heavy atom. The van der Waals surface area contributed by atoms with Gasteiger partial charge in [0.2, 0.25) is 0 Å². The SMILES string of the molecule is Cc1nc(C)c(Cc2ccccc2Cl)c(N2CCN(C(=O)Nc3ccccc3C(F)(F)F)CC2)n1. The normalized spacial score (nSPS) is 14.2. The van der Waals surface area contributed by atoms with E-state index in [9.17, 15) is 18.0 Å². The minimum atomic E-state index is -4.55. The van der Waals surface area contributed by atoms with Crippen LogP contribution in [0.1, 0.15) is 28.2 Å². The number of para-hydroxylation sites is 1. The molecule has 1 aliphatic heterocycles. The van der Waals surface area contributed by atoms with E-state index in [2.05, 4.69) is 20.2 Å². The van der Waals surface area contributed by atoms with Crippen LogP contribution in [0, 0.1) is 13.8 Å². The molecule has 10 heteroatoms. The number of hydrogen-bond acceptors (Lipinski definition) is 4. The number of anilines is 2. The number of aromatic nitrogens is 2. The third kappa shape index (κ3) is 5.67. The van der Waals surface area contributed by atoms with Gasteiger partial charge in [0.25, 0.3) is 0 Å². The maximum Gasteiger partial charge on any atom is 0.418 e. The van der Waals surface area contributed by atoms with E-state index in [4.69, 9.17) is 11.6 Å². The zero-order valence-electron chi connectivity index (χ0n) is 19.4. The van der Waals surface area contributed by atoms with Gasteiger partial charge in [0.1, 0.15) is 11.6 Å². The van der Waals surface area contributed by atoms with Gasteiger partial charge < -0.3 is 15.1 Å². The van der Waals surface area contributed by atoms with Crippen LogP contribution in [-0.2, 0) is 12.6 Å². The molecule has 1 aromatic heterocycles. The van der Waals surface area contributed by atoms with E-state index < -0.39 is 17.8 Å². The van der Waals surface area contributed by atoms with Gasteiger partial charge in [-0.2, -0.15) is 13.2 Å². The highest BCUT2D eigenvalue weighted by Gasteiger charge is 2.34. The summed E-state index contributed by atoms with van der Waals surface area (Å²) in [6.07, 6.45) is -3.99. The summed E-state index contributed by atoms with van der Waals surface area (Å²) < 4.78 is 39.8. The fourth-order valence-electron chi connectivity index (χ4n) is 4.17. The second-order valence-electron chi connectivity index (χ2n) is 8.37. The van der Waals surface area contributed by atoms with Crippen molar-refractivity contribution in [2.45, 2.75) is 26.4 Å². The highest BCUT2D eigenvalue weighted by molar-refractivity contribution is 6.31. The lowest BCUT2D eigenvalue weighted by molar-refractivity contribution is -0.136. The van der Waals surface area contributed by atoms with E-state index in [1.54, 1.807) is 0 Å². The molecule has 1 aliphatic rings. The monoisotopic (exact) mass is 503 g/mol. The molecule has 6 nitrogen and oxygen atoms in total. The van der Waals surface area contributed by atoms with Crippen molar-refractivity contribution >= 4 is 29.1 Å². The van der Waals surface area contributed by atoms with Crippen LogP contribution in [0.4, 0.5) is 29.5 Å². The van der Waals surface area contributed by atoms with E-state index in [-0.39, 0.29) is 5.69 Å². The molecular weight excluding hydrogens is 479 g/mol. The van der Waals surface area contributed by atoms with E-state index in [0.29, 0.717) is 43.4 Å². The molecule has 2 amide bonds. The van der Waals surface area contributed by atoms with Crippen LogP contribution < -0.4 is 10.2 Å². The minimum absolute atomic E-state index is 0.253. The Labute approximate surface area is 206 Å². The quantitative estimate of drug-likeness (QED) is 0.495. The molecule has 0 saturated carbocycles. The molecule has 184 valence electrons. The number of benzene rings is 2. The molecule has 1 N–H and O–H groups in total. The first-order valence-corrected chi connectivity index (χ1v) is 11.6. The summed E-state index contributed by atoms with van der Waals surface area (Å²) in [4.78, 5) is 25.5. The molecule has 2 heterocycles. The molecule has 3 aromatic rings. The first kappa shape index (κ1) is 24.8. The second kappa shape index (κ2) is 10.1. The summed E-state index contributed by atoms with van der Waals surface area (Å²) in [7, 11) is 0. The predicted octanol–water partition coefficient (Wildman–Crippen LogP) is 5.71. The van der Waals surface area contributed by atoms with Gasteiger partial charge in [0.15, 0.2) is 0 Å². The fraction of sp³-hybridized carbons (Fsp3) is 0.320. The lowest BCUT2D eigenvalue weighted by atomic mass is 10.0. The number of piperazine rings is 1. The van der Waals surface area contributed by atoms with Crippen molar-refractivity contribution in [3.8, 4) is 0 Å². The molecule has 0 aliphatic carbocycles. The zero-order valence-corrected chi connectivity index (χ0v) is 20.1. The number of rotatable bonds is 4. The Hall–Kier alpha value is -3.33. The molecule has 2 aromatic carbocycles. The molecule has 0 bridgehead atoms. The molecule has 0 atom stereocenters. The van der Waals surface area contributed by atoms with Gasteiger partial charge in [-0.1, -0.05) is 41.9 Å². The van der Waals surface area contributed by atoms with E-state index in [1.807, 2.05) is 38.1 Å². The number of alkyl halides is 3. The summed E-state index contributed by atoms with van der Waals surface area (Å²) in [6, 6.07) is 12.0. The number of carbonyl (C=O) groups is 1. The predicted molar refractivity (Wildman–Crippen MR) is 130 cm³/mol. The van der Waals surface area contributed by atoms with Crippen LogP contribution >= 0.6 is 11.6 Å². The number of carbonyl (C=O) groups excluding carboxylic acids is 1. The van der Waals surface area contributed by atoms with Crippen LogP contribution in [0.3, 0.4) is 0 Å². The van der Waals surface area contributed by atoms with Crippen LogP contribution in [-0.4, -0.2) is 47.1 Å². The summed E-state index contributed by atoms with van der Waals surface area (Å²) >= 11 is 6.38. The zero-order chi connectivity index (χ0) is 25.2. The Morgan fingerprint density at radius 3 is 2.34 bits per heavy atom. The van der Waals surface area contributed by atoms with E-state index in [0.717, 1.165) is 28.7 Å². The Morgan fingerprint density at radius 2 is 1.66 bits per heavy atom. The van der Waals surface area contributed by atoms with Crippen molar-refractivity contribution in [3.05, 3.63) is 81.8 Å². The molecule has 0 unspecified atom stereocenters. The lowest BCUT2D eigenvalue weighted by Gasteiger charge is -2.36. The maximum absolute atomic E-state index is 13.3. The first-order valence-electron chi connectivity index (χ1n) is 11.2. The highest BCUT2D eigenvalue weighted by Crippen LogP contribution is 2.35. The Bertz CT molecular complexity index is 1230. The molecule has 1 fully saturated rings. The van der Waals surface area contributed by atoms with Gasteiger partial charge in [0, 0.05) is 48.9 Å². The van der Waals surface area contributed by atoms with Gasteiger partial charge in [-0.25, -0.2) is 14.8 Å². The summed E-state index contributed by atoms with van der Waals surface area (Å²) in [5.41, 5.74) is 1.66. The average molecular weight is 504 g/mol. The lowest BCUT2D eigenvalue weighted by Crippen LogP contribution is -2.50. The molecule has 0 radical (unpaired) electrons. The first-order chi connectivity index (χ1) is 16.6. The largest absolute Gasteiger partial charge is 0.418 e. The number of urea groups is 1. The summed E-state index contributed by atoms with van der Waals surface area (Å²) in [5, 5.41) is 3.08. The van der Waals surface area contributed by atoms with Crippen molar-refractivity contribution in [2.24, 2.45) is 0 Å². The summed E-state index contributed by atoms with van der Waals surface area (Å²) in [6.45, 7) is 5.42. The van der Waals surface area contributed by atoms with Crippen LogP contribution in [0.2, 0.25) is 5.02 Å². The van der Waals surface area contributed by atoms with E-state index in [1.165, 1.54) is 23.1 Å². The highest BCUT2D eigenvalue weighted by atomic mass is 35.5. The molecule has 4 rings (SSSR count). The van der Waals surface area contributed by atoms with Gasteiger partial charge in [-0.05, 0) is 37.6 Å². The third-order valence-electron chi connectivity index (χ3n) is 5.97. The van der Waals surface area contributed by atoms with Crippen molar-refractivity contribution in [1.29, 1.82) is 0 Å². The van der Waals surface area contributed by atoms with E-state index >= 15 is 0 Å². The fourth-order valence-corrected chi connectivity index (χ4v) is 4.38. The van der Waals surface area contributed by atoms with Gasteiger partial charge in [-0.3, -0.25) is 0 Å². The molecule has 0 spiro atoms. The smallest absolute Gasteiger partial charge is 0.353 e. The van der Waals surface area contributed by atoms with Crippen molar-refractivity contribution in [1.82, 2.24) is 14.9 Å². The molecule has 1 saturated heterocycles. The van der Waals surface area contributed by atoms with Crippen molar-refractivity contribution in [2.75, 3.05) is 36.4 Å². The average Bonchev–Trinajstić information content (AvgIpc) is 2.81. The Kier molecular flexibility index (Phi) is 7.16. The second-order valence-corrected chi connectivity index (χ2v) is 8.78. The van der Waals surface area contributed by atoms with Crippen molar-refractivity contribution in [3.63, 3.8) is 0 Å². The standard InChI is InChI=1S/C25H25ClF3N5O/c1-16-19(15-18-7-3-5-9-21(18)26)23(31-17(2)30-16)33-11-13-34(14-12-33)24(35)32-22-10-6-4-8-20(22)25(27,28)29/h3-10H,11-15H2,1-2H3,(H,32,35). The van der Waals surface area contributed by atoms with Crippen LogP contribution in [0.25, 0.3) is 0 Å². The number of amides is 2. The van der Waals surface area contributed by atoms with Gasteiger partial charge >= 0.3 is 12.2 Å². The summed E-state index contributed by atoms with van der Waals surface area (Å²) in [5.74, 6) is 1.43. The topological polar surface area (TPSA) is 61.4 Å². The number of halogens is 4. The number of aryl methyl sites for hydroxylation is 2. The molecular formula is C25H25ClF3N5O. The number of nitrogens with zero attached hydrogens (tertiary/aromatic N) is 4. The minimum Gasteiger partial charge on any atom is -0.353 e. The van der Waals surface area contributed by atoms with Crippen LogP contribution in [0.5, 0.6) is 0 Å². The number of hydrogen-bond donors (Lipinski definition) is 1. The van der Waals surface area contributed by atoms with Crippen molar-refractivity contribution < 1.29 is 18.0 Å². The van der Waals surface area contributed by atoms with Gasteiger partial charge in [-0.15, -0.1) is 0 Å². The Balaban J connectivity index is 1.49. The third-order valence-corrected chi connectivity index (χ3v) is 6.34. The van der Waals surface area contributed by atoms with Crippen LogP contribution in [0.15, 0.2) is 48.5 Å². The molecule has 35 heavy (non-hydrogen) atoms. The maximum atomic E-state index is 13.3. The number of nitrogens with one attached hydrogen (secondary N) is 1. The van der Waals surface area contributed by atoms with Gasteiger partial charge in [0.05, 0.1) is 11.3 Å².